The fourth-order valence-corrected chi connectivity index (χ4v) is 2.17. The van der Waals surface area contributed by atoms with E-state index in [4.69, 9.17) is 0 Å². The van der Waals surface area contributed by atoms with Gasteiger partial charge in [-0.3, -0.25) is 4.98 Å². The maximum Gasteiger partial charge on any atom is 0.123 e. The molecule has 19 heavy (non-hydrogen) atoms. The van der Waals surface area contributed by atoms with E-state index in [-0.39, 0.29) is 17.9 Å². The van der Waals surface area contributed by atoms with Crippen LogP contribution >= 0.6 is 0 Å². The van der Waals surface area contributed by atoms with E-state index in [1.807, 2.05) is 24.4 Å². The van der Waals surface area contributed by atoms with Gasteiger partial charge < -0.3 is 5.32 Å². The molecule has 3 heteroatoms. The highest BCUT2D eigenvalue weighted by atomic mass is 19.1. The molecule has 0 saturated carbocycles. The molecule has 0 bridgehead atoms. The molecule has 2 rings (SSSR count). The molecular formula is C16H19FN2. The minimum absolute atomic E-state index is 0.195. The van der Waals surface area contributed by atoms with Gasteiger partial charge in [0.25, 0.3) is 0 Å². The van der Waals surface area contributed by atoms with E-state index in [1.54, 1.807) is 6.20 Å². The minimum Gasteiger partial charge on any atom is -0.303 e. The Kier molecular flexibility index (Phi) is 4.63. The molecular weight excluding hydrogens is 239 g/mol. The van der Waals surface area contributed by atoms with Crippen LogP contribution in [0.3, 0.4) is 0 Å². The normalized spacial score (nSPS) is 14.1. The maximum atomic E-state index is 13.0. The monoisotopic (exact) mass is 258 g/mol. The summed E-state index contributed by atoms with van der Waals surface area (Å²) in [7, 11) is 0. The lowest BCUT2D eigenvalue weighted by Gasteiger charge is -2.23. The van der Waals surface area contributed by atoms with Gasteiger partial charge in [0.15, 0.2) is 0 Å². The molecule has 0 aliphatic heterocycles. The van der Waals surface area contributed by atoms with E-state index in [0.717, 1.165) is 17.5 Å². The van der Waals surface area contributed by atoms with Crippen molar-refractivity contribution in [1.82, 2.24) is 10.3 Å². The Hall–Kier alpha value is -1.74. The fraction of sp³-hybridized carbons (Fsp3) is 0.312. The predicted octanol–water partition coefficient (Wildman–Crippen LogP) is 4.02. The summed E-state index contributed by atoms with van der Waals surface area (Å²) in [5.41, 5.74) is 2.27. The molecule has 0 aliphatic rings. The maximum absolute atomic E-state index is 13.0. The molecule has 1 heterocycles. The predicted molar refractivity (Wildman–Crippen MR) is 75.2 cm³/mol. The van der Waals surface area contributed by atoms with Crippen molar-refractivity contribution in [2.45, 2.75) is 32.4 Å². The summed E-state index contributed by atoms with van der Waals surface area (Å²) in [6, 6.07) is 11.1. The average molecular weight is 258 g/mol. The molecule has 1 unspecified atom stereocenters. The number of halogens is 1. The molecule has 2 atom stereocenters. The second kappa shape index (κ2) is 6.43. The lowest BCUT2D eigenvalue weighted by Crippen LogP contribution is -2.24. The highest BCUT2D eigenvalue weighted by Crippen LogP contribution is 2.21. The van der Waals surface area contributed by atoms with E-state index in [0.29, 0.717) is 0 Å². The SMILES string of the molecule is CCC(N[C@H](C)c1cccnc1)c1ccc(F)cc1. The summed E-state index contributed by atoms with van der Waals surface area (Å²) in [6.45, 7) is 4.24. The standard InChI is InChI=1S/C16H19FN2/c1-3-16(13-6-8-15(17)9-7-13)19-12(2)14-5-4-10-18-11-14/h4-12,16,19H,3H2,1-2H3/t12-,16?/m1/s1. The first kappa shape index (κ1) is 13.7. The topological polar surface area (TPSA) is 24.9 Å². The van der Waals surface area contributed by atoms with Crippen LogP contribution in [0.2, 0.25) is 0 Å². The zero-order chi connectivity index (χ0) is 13.7. The van der Waals surface area contributed by atoms with Gasteiger partial charge in [0.2, 0.25) is 0 Å². The number of hydrogen-bond donors (Lipinski definition) is 1. The quantitative estimate of drug-likeness (QED) is 0.876. The Morgan fingerprint density at radius 3 is 2.47 bits per heavy atom. The molecule has 0 fully saturated rings. The second-order valence-electron chi connectivity index (χ2n) is 4.69. The van der Waals surface area contributed by atoms with Gasteiger partial charge in [-0.15, -0.1) is 0 Å². The average Bonchev–Trinajstić information content (AvgIpc) is 2.46. The Balaban J connectivity index is 2.09. The molecule has 1 aromatic carbocycles. The molecule has 1 N–H and O–H groups in total. The zero-order valence-electron chi connectivity index (χ0n) is 11.3. The van der Waals surface area contributed by atoms with Crippen LogP contribution in [0, 0.1) is 5.82 Å². The Labute approximate surface area is 113 Å². The summed E-state index contributed by atoms with van der Waals surface area (Å²) in [6.07, 6.45) is 4.60. The van der Waals surface area contributed by atoms with Crippen LogP contribution in [0.1, 0.15) is 43.5 Å². The Morgan fingerprint density at radius 1 is 1.16 bits per heavy atom. The van der Waals surface area contributed by atoms with Crippen molar-refractivity contribution >= 4 is 0 Å². The van der Waals surface area contributed by atoms with Gasteiger partial charge in [-0.05, 0) is 42.7 Å². The number of nitrogens with one attached hydrogen (secondary N) is 1. The van der Waals surface area contributed by atoms with Crippen molar-refractivity contribution < 1.29 is 4.39 Å². The summed E-state index contributed by atoms with van der Waals surface area (Å²) in [5.74, 6) is -0.195. The molecule has 100 valence electrons. The molecule has 1 aromatic heterocycles. The number of nitrogens with zero attached hydrogens (tertiary/aromatic N) is 1. The third-order valence-corrected chi connectivity index (χ3v) is 3.32. The first-order chi connectivity index (χ1) is 9.20. The van der Waals surface area contributed by atoms with Gasteiger partial charge in [0, 0.05) is 24.5 Å². The van der Waals surface area contributed by atoms with E-state index in [9.17, 15) is 4.39 Å². The number of rotatable bonds is 5. The van der Waals surface area contributed by atoms with Crippen LogP contribution in [0.25, 0.3) is 0 Å². The summed E-state index contributed by atoms with van der Waals surface area (Å²) < 4.78 is 13.0. The molecule has 0 spiro atoms. The highest BCUT2D eigenvalue weighted by Gasteiger charge is 2.13. The van der Waals surface area contributed by atoms with E-state index >= 15 is 0 Å². The zero-order valence-corrected chi connectivity index (χ0v) is 11.3. The number of aromatic nitrogens is 1. The van der Waals surface area contributed by atoms with E-state index in [1.165, 1.54) is 12.1 Å². The van der Waals surface area contributed by atoms with Crippen molar-refractivity contribution in [1.29, 1.82) is 0 Å². The van der Waals surface area contributed by atoms with Crippen molar-refractivity contribution in [3.8, 4) is 0 Å². The Morgan fingerprint density at radius 2 is 1.89 bits per heavy atom. The number of benzene rings is 1. The van der Waals surface area contributed by atoms with Gasteiger partial charge in [0.05, 0.1) is 0 Å². The molecule has 0 saturated heterocycles. The third kappa shape index (κ3) is 3.61. The Bertz CT molecular complexity index is 496. The lowest BCUT2D eigenvalue weighted by molar-refractivity contribution is 0.455. The largest absolute Gasteiger partial charge is 0.303 e. The van der Waals surface area contributed by atoms with Gasteiger partial charge in [-0.25, -0.2) is 4.39 Å². The first-order valence-corrected chi connectivity index (χ1v) is 6.62. The summed E-state index contributed by atoms with van der Waals surface area (Å²) >= 11 is 0. The summed E-state index contributed by atoms with van der Waals surface area (Å²) in [5, 5.41) is 3.56. The van der Waals surface area contributed by atoms with Crippen molar-refractivity contribution in [3.05, 3.63) is 65.7 Å². The molecule has 0 aliphatic carbocycles. The van der Waals surface area contributed by atoms with Crippen molar-refractivity contribution in [2.24, 2.45) is 0 Å². The fourth-order valence-electron chi connectivity index (χ4n) is 2.17. The van der Waals surface area contributed by atoms with Crippen LogP contribution in [0.15, 0.2) is 48.8 Å². The minimum atomic E-state index is -0.195. The molecule has 2 nitrogen and oxygen atoms in total. The van der Waals surface area contributed by atoms with Gasteiger partial charge in [-0.1, -0.05) is 25.1 Å². The summed E-state index contributed by atoms with van der Waals surface area (Å²) in [4.78, 5) is 4.13. The molecule has 2 aromatic rings. The van der Waals surface area contributed by atoms with Crippen LogP contribution in [0.4, 0.5) is 4.39 Å². The van der Waals surface area contributed by atoms with Crippen LogP contribution in [-0.2, 0) is 0 Å². The van der Waals surface area contributed by atoms with Crippen LogP contribution < -0.4 is 5.32 Å². The second-order valence-corrected chi connectivity index (χ2v) is 4.69. The molecule has 0 radical (unpaired) electrons. The highest BCUT2D eigenvalue weighted by molar-refractivity contribution is 5.21. The number of pyridine rings is 1. The van der Waals surface area contributed by atoms with Gasteiger partial charge >= 0.3 is 0 Å². The first-order valence-electron chi connectivity index (χ1n) is 6.62. The van der Waals surface area contributed by atoms with E-state index < -0.39 is 0 Å². The lowest BCUT2D eigenvalue weighted by atomic mass is 10.0. The van der Waals surface area contributed by atoms with Gasteiger partial charge in [-0.2, -0.15) is 0 Å². The smallest absolute Gasteiger partial charge is 0.123 e. The van der Waals surface area contributed by atoms with E-state index in [2.05, 4.69) is 30.2 Å². The van der Waals surface area contributed by atoms with Crippen LogP contribution in [0.5, 0.6) is 0 Å². The van der Waals surface area contributed by atoms with Crippen molar-refractivity contribution in [3.63, 3.8) is 0 Å². The third-order valence-electron chi connectivity index (χ3n) is 3.32. The van der Waals surface area contributed by atoms with Crippen molar-refractivity contribution in [2.75, 3.05) is 0 Å². The molecule has 0 amide bonds. The van der Waals surface area contributed by atoms with Crippen LogP contribution in [-0.4, -0.2) is 4.98 Å². The number of hydrogen-bond acceptors (Lipinski definition) is 2. The van der Waals surface area contributed by atoms with Gasteiger partial charge in [0.1, 0.15) is 5.82 Å².